The van der Waals surface area contributed by atoms with Crippen LogP contribution in [0.5, 0.6) is 0 Å². The second-order valence-electron chi connectivity index (χ2n) is 3.38. The standard InChI is InChI=1S/C11H14N2OS/c1-9(2)13-8-11(7-12-13)5-4-6-15-10(3)14/h7-9H,6H2,1-3H3. The molecule has 0 N–H and O–H groups in total. The maximum absolute atomic E-state index is 10.6. The Labute approximate surface area is 94.2 Å². The summed E-state index contributed by atoms with van der Waals surface area (Å²) in [6, 6.07) is 0.354. The van der Waals surface area contributed by atoms with Gasteiger partial charge in [-0.3, -0.25) is 9.48 Å². The Kier molecular flexibility index (Phi) is 4.44. The molecular weight excluding hydrogens is 208 g/mol. The monoisotopic (exact) mass is 222 g/mol. The molecule has 0 saturated heterocycles. The van der Waals surface area contributed by atoms with Crippen LogP contribution >= 0.6 is 11.8 Å². The predicted molar refractivity (Wildman–Crippen MR) is 62.6 cm³/mol. The first kappa shape index (κ1) is 11.9. The highest BCUT2D eigenvalue weighted by atomic mass is 32.2. The van der Waals surface area contributed by atoms with Gasteiger partial charge in [-0.2, -0.15) is 5.10 Å². The number of hydrogen-bond donors (Lipinski definition) is 0. The molecule has 0 aliphatic rings. The Morgan fingerprint density at radius 3 is 2.93 bits per heavy atom. The van der Waals surface area contributed by atoms with E-state index in [-0.39, 0.29) is 5.12 Å². The molecule has 0 atom stereocenters. The van der Waals surface area contributed by atoms with E-state index >= 15 is 0 Å². The summed E-state index contributed by atoms with van der Waals surface area (Å²) in [6.07, 6.45) is 3.65. The summed E-state index contributed by atoms with van der Waals surface area (Å²) >= 11 is 1.22. The van der Waals surface area contributed by atoms with Crippen LogP contribution in [-0.4, -0.2) is 20.6 Å². The van der Waals surface area contributed by atoms with E-state index in [2.05, 4.69) is 30.8 Å². The number of aromatic nitrogens is 2. The van der Waals surface area contributed by atoms with Crippen LogP contribution in [0.25, 0.3) is 0 Å². The van der Waals surface area contributed by atoms with Crippen molar-refractivity contribution in [3.05, 3.63) is 18.0 Å². The van der Waals surface area contributed by atoms with Crippen LogP contribution in [-0.2, 0) is 4.79 Å². The molecule has 1 aromatic rings. The normalized spacial score (nSPS) is 9.87. The van der Waals surface area contributed by atoms with Gasteiger partial charge < -0.3 is 0 Å². The van der Waals surface area contributed by atoms with Gasteiger partial charge in [-0.1, -0.05) is 23.6 Å². The molecule has 0 aliphatic carbocycles. The van der Waals surface area contributed by atoms with Crippen LogP contribution < -0.4 is 0 Å². The number of thioether (sulfide) groups is 1. The lowest BCUT2D eigenvalue weighted by molar-refractivity contribution is -0.109. The number of nitrogens with zero attached hydrogens (tertiary/aromatic N) is 2. The minimum Gasteiger partial charge on any atom is -0.288 e. The van der Waals surface area contributed by atoms with E-state index in [1.807, 2.05) is 10.9 Å². The van der Waals surface area contributed by atoms with Crippen molar-refractivity contribution in [3.63, 3.8) is 0 Å². The topological polar surface area (TPSA) is 34.9 Å². The zero-order valence-corrected chi connectivity index (χ0v) is 9.97. The van der Waals surface area contributed by atoms with Crippen molar-refractivity contribution in [1.29, 1.82) is 0 Å². The van der Waals surface area contributed by atoms with Gasteiger partial charge in [0, 0.05) is 19.2 Å². The van der Waals surface area contributed by atoms with E-state index < -0.39 is 0 Å². The van der Waals surface area contributed by atoms with Gasteiger partial charge in [0.15, 0.2) is 5.12 Å². The highest BCUT2D eigenvalue weighted by Crippen LogP contribution is 2.04. The van der Waals surface area contributed by atoms with Crippen LogP contribution in [0.3, 0.4) is 0 Å². The number of rotatable bonds is 2. The molecule has 0 bridgehead atoms. The summed E-state index contributed by atoms with van der Waals surface area (Å²) < 4.78 is 1.86. The van der Waals surface area contributed by atoms with Gasteiger partial charge in [0.25, 0.3) is 0 Å². The number of carbonyl (C=O) groups excluding carboxylic acids is 1. The van der Waals surface area contributed by atoms with Crippen LogP contribution in [0.2, 0.25) is 0 Å². The van der Waals surface area contributed by atoms with Gasteiger partial charge in [-0.25, -0.2) is 0 Å². The van der Waals surface area contributed by atoms with Gasteiger partial charge in [0.2, 0.25) is 0 Å². The van der Waals surface area contributed by atoms with E-state index in [0.29, 0.717) is 11.8 Å². The minimum absolute atomic E-state index is 0.0992. The zero-order valence-electron chi connectivity index (χ0n) is 9.15. The highest BCUT2D eigenvalue weighted by molar-refractivity contribution is 8.13. The second kappa shape index (κ2) is 5.62. The smallest absolute Gasteiger partial charge is 0.186 e. The van der Waals surface area contributed by atoms with E-state index in [1.54, 1.807) is 13.1 Å². The summed E-state index contributed by atoms with van der Waals surface area (Å²) in [4.78, 5) is 10.6. The maximum Gasteiger partial charge on any atom is 0.186 e. The third-order valence-corrected chi connectivity index (χ3v) is 2.41. The van der Waals surface area contributed by atoms with Gasteiger partial charge in [-0.15, -0.1) is 0 Å². The molecule has 4 heteroatoms. The summed E-state index contributed by atoms with van der Waals surface area (Å²) in [6.45, 7) is 5.68. The summed E-state index contributed by atoms with van der Waals surface area (Å²) in [7, 11) is 0. The molecule has 0 spiro atoms. The van der Waals surface area contributed by atoms with Gasteiger partial charge in [-0.05, 0) is 13.8 Å². The van der Waals surface area contributed by atoms with Crippen molar-refractivity contribution in [1.82, 2.24) is 9.78 Å². The maximum atomic E-state index is 10.6. The average Bonchev–Trinajstić information content (AvgIpc) is 2.60. The first-order chi connectivity index (χ1) is 7.09. The van der Waals surface area contributed by atoms with E-state index in [1.165, 1.54) is 11.8 Å². The molecule has 0 amide bonds. The van der Waals surface area contributed by atoms with Crippen molar-refractivity contribution in [2.75, 3.05) is 5.75 Å². The molecule has 0 fully saturated rings. The Bertz CT molecular complexity index is 398. The second-order valence-corrected chi connectivity index (χ2v) is 4.54. The molecule has 0 saturated carbocycles. The van der Waals surface area contributed by atoms with E-state index in [4.69, 9.17) is 0 Å². The molecule has 0 aromatic carbocycles. The average molecular weight is 222 g/mol. The SMILES string of the molecule is CC(=O)SCC#Cc1cnn(C(C)C)c1. The van der Waals surface area contributed by atoms with Crippen LogP contribution in [0.15, 0.2) is 12.4 Å². The first-order valence-electron chi connectivity index (χ1n) is 4.76. The lowest BCUT2D eigenvalue weighted by Crippen LogP contribution is -1.99. The zero-order chi connectivity index (χ0) is 11.3. The van der Waals surface area contributed by atoms with Gasteiger partial charge in [0.1, 0.15) is 0 Å². The summed E-state index contributed by atoms with van der Waals surface area (Å²) in [5.74, 6) is 6.44. The highest BCUT2D eigenvalue weighted by Gasteiger charge is 1.98. The fourth-order valence-electron chi connectivity index (χ4n) is 0.961. The quantitative estimate of drug-likeness (QED) is 0.719. The molecule has 15 heavy (non-hydrogen) atoms. The predicted octanol–water partition coefficient (Wildman–Crippen LogP) is 2.10. The fourth-order valence-corrected chi connectivity index (χ4v) is 1.31. The largest absolute Gasteiger partial charge is 0.288 e. The van der Waals surface area contributed by atoms with E-state index in [0.717, 1.165) is 5.56 Å². The summed E-state index contributed by atoms with van der Waals surface area (Å²) in [5.41, 5.74) is 0.896. The molecule has 1 aromatic heterocycles. The molecule has 0 aliphatic heterocycles. The third-order valence-electron chi connectivity index (χ3n) is 1.71. The molecule has 1 rings (SSSR count). The minimum atomic E-state index is 0.0992. The molecule has 0 unspecified atom stereocenters. The Morgan fingerprint density at radius 2 is 2.40 bits per heavy atom. The Balaban J connectivity index is 2.53. The lowest BCUT2D eigenvalue weighted by atomic mass is 10.3. The van der Waals surface area contributed by atoms with Crippen molar-refractivity contribution >= 4 is 16.9 Å². The molecule has 80 valence electrons. The molecule has 1 heterocycles. The van der Waals surface area contributed by atoms with Crippen molar-refractivity contribution in [2.24, 2.45) is 0 Å². The molecular formula is C11H14N2OS. The van der Waals surface area contributed by atoms with E-state index in [9.17, 15) is 4.79 Å². The number of carbonyl (C=O) groups is 1. The van der Waals surface area contributed by atoms with Crippen LogP contribution in [0.1, 0.15) is 32.4 Å². The molecule has 3 nitrogen and oxygen atoms in total. The van der Waals surface area contributed by atoms with Crippen molar-refractivity contribution < 1.29 is 4.79 Å². The first-order valence-corrected chi connectivity index (χ1v) is 5.74. The van der Waals surface area contributed by atoms with Crippen molar-refractivity contribution in [3.8, 4) is 11.8 Å². The fraction of sp³-hybridized carbons (Fsp3) is 0.455. The van der Waals surface area contributed by atoms with Crippen LogP contribution in [0, 0.1) is 11.8 Å². The number of hydrogen-bond acceptors (Lipinski definition) is 3. The summed E-state index contributed by atoms with van der Waals surface area (Å²) in [5, 5.41) is 4.27. The van der Waals surface area contributed by atoms with Crippen molar-refractivity contribution in [2.45, 2.75) is 26.8 Å². The molecule has 0 radical (unpaired) electrons. The van der Waals surface area contributed by atoms with Gasteiger partial charge in [0.05, 0.1) is 17.5 Å². The van der Waals surface area contributed by atoms with Crippen LogP contribution in [0.4, 0.5) is 0 Å². The Hall–Kier alpha value is -1.21. The lowest BCUT2D eigenvalue weighted by Gasteiger charge is -2.02. The third kappa shape index (κ3) is 4.22. The Morgan fingerprint density at radius 1 is 1.67 bits per heavy atom. The van der Waals surface area contributed by atoms with Gasteiger partial charge >= 0.3 is 0 Å².